The molecule has 0 aliphatic carbocycles. The van der Waals surface area contributed by atoms with E-state index in [9.17, 15) is 35.9 Å². The van der Waals surface area contributed by atoms with Crippen LogP contribution in [-0.4, -0.2) is 145 Å². The summed E-state index contributed by atoms with van der Waals surface area (Å²) in [6.07, 6.45) is -0.984. The molecule has 15 atom stereocenters. The largest absolute Gasteiger partial charge is 0.386 e. The SMILES string of the molecule is C.C.CC1(C)O[C@H]2[C@H](n3ccc4c(Cl)ncnc43)O[C@H]([C@H](O)c3ccc(Cl)cc3)[C@@]2(C)O1.CC1(C)O[C@H]2[C@H](n3ccc4c(NO)ncnc43)O[C@H]([C@H](O)c3ccc(Cl)cc3)[C@@]2(C)O1.C[C@@]1(O)[C@@H]([C@H](O)c2ccc(Cl)cc2)O[C@@H](n2ccc3c(NO)ncnc32)[C@@H]1O.Cl. The number of aromatic nitrogens is 9. The third kappa shape index (κ3) is 12.5. The maximum Gasteiger partial charge on any atom is 0.165 e. The number of aliphatic hydroxyl groups excluding tert-OH is 4. The van der Waals surface area contributed by atoms with Gasteiger partial charge in [0.1, 0.15) is 113 Å². The van der Waals surface area contributed by atoms with Crippen LogP contribution in [0, 0.1) is 0 Å². The lowest BCUT2D eigenvalue weighted by Crippen LogP contribution is -2.47. The van der Waals surface area contributed by atoms with Gasteiger partial charge in [0, 0.05) is 33.7 Å². The molecule has 0 spiro atoms. The number of nitrogens with zero attached hydrogens (tertiary/aromatic N) is 9. The van der Waals surface area contributed by atoms with Crippen molar-refractivity contribution in [3.8, 4) is 0 Å². The van der Waals surface area contributed by atoms with Crippen LogP contribution in [0.1, 0.15) is 117 Å². The minimum absolute atomic E-state index is 0. The van der Waals surface area contributed by atoms with Gasteiger partial charge >= 0.3 is 0 Å². The van der Waals surface area contributed by atoms with Crippen molar-refractivity contribution in [3.05, 3.63) is 165 Å². The molecule has 30 heteroatoms. The molecule has 0 unspecified atom stereocenters. The number of aliphatic hydroxyl groups is 5. The molecule has 92 heavy (non-hydrogen) atoms. The van der Waals surface area contributed by atoms with Gasteiger partial charge in [-0.05, 0) is 120 Å². The average molecular weight is 1370 g/mol. The molecular weight excluding hydrogens is 1300 g/mol. The normalized spacial score (nSPS) is 29.1. The van der Waals surface area contributed by atoms with E-state index in [1.165, 1.54) is 30.5 Å². The van der Waals surface area contributed by atoms with Gasteiger partial charge in [-0.1, -0.05) is 97.7 Å². The third-order valence-electron chi connectivity index (χ3n) is 16.8. The van der Waals surface area contributed by atoms with Gasteiger partial charge in [-0.2, -0.15) is 0 Å². The van der Waals surface area contributed by atoms with Crippen LogP contribution < -0.4 is 11.0 Å². The van der Waals surface area contributed by atoms with Crippen LogP contribution in [0.4, 0.5) is 11.6 Å². The summed E-state index contributed by atoms with van der Waals surface area (Å²) < 4.78 is 48.9. The van der Waals surface area contributed by atoms with E-state index in [0.717, 1.165) is 0 Å². The Balaban J connectivity index is 0.000000161. The van der Waals surface area contributed by atoms with Crippen molar-refractivity contribution in [1.82, 2.24) is 43.6 Å². The Kier molecular flexibility index (Phi) is 20.4. The average Bonchev–Trinajstić information content (AvgIpc) is 1.56. The van der Waals surface area contributed by atoms with Gasteiger partial charge in [0.15, 0.2) is 41.9 Å². The van der Waals surface area contributed by atoms with Crippen LogP contribution in [0.5, 0.6) is 0 Å². The Morgan fingerprint density at radius 1 is 0.467 bits per heavy atom. The van der Waals surface area contributed by atoms with Gasteiger partial charge < -0.3 is 72.4 Å². The number of fused-ring (bicyclic) bond motifs is 5. The van der Waals surface area contributed by atoms with Crippen molar-refractivity contribution in [2.45, 2.75) is 165 Å². The summed E-state index contributed by atoms with van der Waals surface area (Å²) in [5, 5.41) is 77.3. The summed E-state index contributed by atoms with van der Waals surface area (Å²) in [6.45, 7) is 12.6. The summed E-state index contributed by atoms with van der Waals surface area (Å²) in [5.41, 5.74) is 3.88. The molecule has 9 N–H and O–H groups in total. The van der Waals surface area contributed by atoms with E-state index in [0.29, 0.717) is 70.0 Å². The fourth-order valence-corrected chi connectivity index (χ4v) is 13.3. The van der Waals surface area contributed by atoms with E-state index < -0.39 is 102 Å². The molecule has 9 aromatic rings. The fourth-order valence-electron chi connectivity index (χ4n) is 12.7. The molecule has 0 saturated carbocycles. The van der Waals surface area contributed by atoms with E-state index in [-0.39, 0.29) is 38.9 Å². The summed E-state index contributed by atoms with van der Waals surface area (Å²) in [4.78, 5) is 24.9. The topological polar surface area (TPSA) is 322 Å². The van der Waals surface area contributed by atoms with Gasteiger partial charge in [0.2, 0.25) is 0 Å². The van der Waals surface area contributed by atoms with E-state index in [2.05, 4.69) is 35.4 Å². The zero-order valence-corrected chi connectivity index (χ0v) is 52.8. The van der Waals surface area contributed by atoms with Gasteiger partial charge in [-0.15, -0.1) is 12.4 Å². The molecule has 0 bridgehead atoms. The molecular formula is C62H72Cl5N11O14. The molecule has 25 nitrogen and oxygen atoms in total. The number of halogens is 5. The van der Waals surface area contributed by atoms with Gasteiger partial charge in [-0.25, -0.2) is 29.9 Å². The van der Waals surface area contributed by atoms with Gasteiger partial charge in [0.25, 0.3) is 0 Å². The predicted octanol–water partition coefficient (Wildman–Crippen LogP) is 11.0. The van der Waals surface area contributed by atoms with Crippen molar-refractivity contribution in [2.24, 2.45) is 0 Å². The number of rotatable bonds is 11. The van der Waals surface area contributed by atoms with Crippen molar-refractivity contribution < 1.29 is 69.1 Å². The Bertz CT molecular complexity index is 4040. The first-order valence-electron chi connectivity index (χ1n) is 28.1. The van der Waals surface area contributed by atoms with E-state index >= 15 is 0 Å². The number of benzene rings is 3. The second-order valence-corrected chi connectivity index (χ2v) is 25.3. The summed E-state index contributed by atoms with van der Waals surface area (Å²) in [7, 11) is 0. The van der Waals surface area contributed by atoms with Crippen LogP contribution in [-0.2, 0) is 33.2 Å². The molecule has 14 rings (SSSR count). The number of hydrogen-bond donors (Lipinski definition) is 9. The summed E-state index contributed by atoms with van der Waals surface area (Å²) in [5.74, 6) is -1.23. The van der Waals surface area contributed by atoms with Crippen LogP contribution >= 0.6 is 58.8 Å². The molecule has 5 saturated heterocycles. The van der Waals surface area contributed by atoms with Crippen molar-refractivity contribution in [2.75, 3.05) is 11.0 Å². The molecule has 0 amide bonds. The number of ether oxygens (including phenoxy) is 7. The molecule has 11 heterocycles. The summed E-state index contributed by atoms with van der Waals surface area (Å²) in [6, 6.07) is 25.8. The van der Waals surface area contributed by atoms with E-state index in [1.807, 2.05) is 63.9 Å². The lowest BCUT2D eigenvalue weighted by atomic mass is 9.88. The van der Waals surface area contributed by atoms with Gasteiger partial charge in [0.05, 0.1) is 16.2 Å². The zero-order valence-electron chi connectivity index (χ0n) is 49.0. The number of anilines is 2. The van der Waals surface area contributed by atoms with Crippen LogP contribution in [0.2, 0.25) is 20.2 Å². The molecule has 6 aromatic heterocycles. The lowest BCUT2D eigenvalue weighted by molar-refractivity contribution is -0.223. The molecule has 5 aliphatic rings. The fraction of sp³-hybridized carbons (Fsp3) is 0.419. The maximum atomic E-state index is 11.2. The first-order valence-corrected chi connectivity index (χ1v) is 29.6. The van der Waals surface area contributed by atoms with E-state index in [4.69, 9.17) is 79.6 Å². The number of hydrogen-bond acceptors (Lipinski definition) is 22. The lowest BCUT2D eigenvalue weighted by Gasteiger charge is -2.32. The Labute approximate surface area is 555 Å². The van der Waals surface area contributed by atoms with Crippen molar-refractivity contribution in [3.63, 3.8) is 0 Å². The summed E-state index contributed by atoms with van der Waals surface area (Å²) >= 11 is 24.1. The minimum Gasteiger partial charge on any atom is -0.386 e. The van der Waals surface area contributed by atoms with Gasteiger partial charge in [-0.3, -0.25) is 21.4 Å². The predicted molar refractivity (Wildman–Crippen MR) is 344 cm³/mol. The zero-order chi connectivity index (χ0) is 63.3. The van der Waals surface area contributed by atoms with E-state index in [1.54, 1.807) is 102 Å². The highest BCUT2D eigenvalue weighted by molar-refractivity contribution is 6.34. The Hall–Kier alpha value is -5.99. The first-order chi connectivity index (χ1) is 42.3. The van der Waals surface area contributed by atoms with Crippen molar-refractivity contribution >= 4 is 104 Å². The molecule has 5 aliphatic heterocycles. The maximum absolute atomic E-state index is 11.2. The highest BCUT2D eigenvalue weighted by Crippen LogP contribution is 2.56. The van der Waals surface area contributed by atoms with Crippen LogP contribution in [0.3, 0.4) is 0 Å². The second-order valence-electron chi connectivity index (χ2n) is 23.7. The number of nitrogens with one attached hydrogen (secondary N) is 2. The molecule has 0 radical (unpaired) electrons. The Morgan fingerprint density at radius 3 is 1.17 bits per heavy atom. The minimum atomic E-state index is -1.74. The molecule has 3 aromatic carbocycles. The highest BCUT2D eigenvalue weighted by atomic mass is 35.5. The smallest absolute Gasteiger partial charge is 0.165 e. The second kappa shape index (κ2) is 26.7. The van der Waals surface area contributed by atoms with Crippen LogP contribution in [0.25, 0.3) is 33.1 Å². The van der Waals surface area contributed by atoms with Crippen LogP contribution in [0.15, 0.2) is 129 Å². The highest BCUT2D eigenvalue weighted by Gasteiger charge is 2.67. The monoisotopic (exact) mass is 1370 g/mol. The first kappa shape index (κ1) is 70.3. The van der Waals surface area contributed by atoms with Crippen molar-refractivity contribution in [1.29, 1.82) is 0 Å². The quantitative estimate of drug-likeness (QED) is 0.0429. The molecule has 494 valence electrons. The third-order valence-corrected chi connectivity index (χ3v) is 17.9. The molecule has 5 fully saturated rings. The Morgan fingerprint density at radius 2 is 0.793 bits per heavy atom. The standard InChI is InChI=1S/C21H21Cl2N3O4.C21H23ClN4O5.C18H19ClN4O5.2CH4.ClH/c1-20(2)29-16-19(26-9-8-13-17(23)24-10-25-18(13)26)28-15(21(16,3)30-20)14(27)11-4-6-12(22)7-5-11;1-20(2)30-16-19(26-9-8-13-17(25-28)23-10-24-18(13)26)29-15(21(16,3)31-20)14(27)11-4-6-12(22)7-5-11;1-18(26)13(25)17(23-7-6-11-15(22-27)20-8-21-16(11)23)28-14(18)12(24)9-2-4-10(19)5-3-9;;;/h4-10,14-16,19,27H,1-3H3;4-10,14-16,19,27-28H,1-3H3,(H,23,24,25);2-8,12-14,17,24-27H,1H3,(H,20,21,22);2*1H4;1H/t2*14-,15-,16+,19-,21-;12-,13+,14-,17-,18+;;;/m111.../s1.